The van der Waals surface area contributed by atoms with Gasteiger partial charge in [0.2, 0.25) is 5.95 Å². The van der Waals surface area contributed by atoms with Gasteiger partial charge in [0, 0.05) is 66.5 Å². The highest BCUT2D eigenvalue weighted by Gasteiger charge is 2.39. The van der Waals surface area contributed by atoms with Crippen LogP contribution in [0.25, 0.3) is 10.6 Å². The number of piperazine rings is 1. The van der Waals surface area contributed by atoms with Gasteiger partial charge in [0.25, 0.3) is 5.91 Å². The van der Waals surface area contributed by atoms with Crippen LogP contribution in [0.4, 0.5) is 30.5 Å². The molecule has 7 nitrogen and oxygen atoms in total. The quantitative estimate of drug-likeness (QED) is 0.364. The van der Waals surface area contributed by atoms with Crippen LogP contribution < -0.4 is 15.5 Å². The largest absolute Gasteiger partial charge is 0.420 e. The molecule has 1 aliphatic carbocycles. The average molecular weight is 589 g/mol. The summed E-state index contributed by atoms with van der Waals surface area (Å²) in [5.74, 6) is 0.714. The SMILES string of the molecule is CCc1cc(N2CCN[C@H](C)C2)ccc1Nc1ncc(C(F)(F)F)c(-c2cc3c(s2)C(=O)N(C2CC2)CCS3)n1. The fourth-order valence-electron chi connectivity index (χ4n) is 5.28. The number of halogens is 3. The molecule has 0 unspecified atom stereocenters. The molecular weight excluding hydrogens is 557 g/mol. The summed E-state index contributed by atoms with van der Waals surface area (Å²) in [6.07, 6.45) is -1.09. The van der Waals surface area contributed by atoms with Crippen LogP contribution in [0.5, 0.6) is 0 Å². The number of rotatable bonds is 6. The first-order valence-electron chi connectivity index (χ1n) is 13.6. The molecule has 2 fully saturated rings. The molecule has 1 atom stereocenters. The Bertz CT molecular complexity index is 1420. The zero-order valence-corrected chi connectivity index (χ0v) is 24.0. The predicted octanol–water partition coefficient (Wildman–Crippen LogP) is 6.04. The minimum atomic E-state index is -4.64. The van der Waals surface area contributed by atoms with Gasteiger partial charge in [-0.15, -0.1) is 23.1 Å². The first kappa shape index (κ1) is 27.3. The van der Waals surface area contributed by atoms with Crippen molar-refractivity contribution in [3.05, 3.63) is 46.5 Å². The number of carbonyl (C=O) groups excluding carboxylic acids is 1. The van der Waals surface area contributed by atoms with Gasteiger partial charge in [0.1, 0.15) is 10.4 Å². The summed E-state index contributed by atoms with van der Waals surface area (Å²) in [5, 5.41) is 6.61. The maximum atomic E-state index is 14.1. The van der Waals surface area contributed by atoms with Crippen molar-refractivity contribution in [3.63, 3.8) is 0 Å². The number of carbonyl (C=O) groups is 1. The van der Waals surface area contributed by atoms with Crippen LogP contribution in [0.3, 0.4) is 0 Å². The van der Waals surface area contributed by atoms with Crippen LogP contribution in [-0.4, -0.2) is 64.8 Å². The third-order valence-corrected chi connectivity index (χ3v) is 9.79. The number of anilines is 3. The van der Waals surface area contributed by atoms with E-state index in [1.807, 2.05) is 24.0 Å². The van der Waals surface area contributed by atoms with Gasteiger partial charge < -0.3 is 20.4 Å². The van der Waals surface area contributed by atoms with E-state index < -0.39 is 11.7 Å². The molecular formula is C28H31F3N6OS2. The molecule has 1 saturated heterocycles. The van der Waals surface area contributed by atoms with Crippen LogP contribution in [0.2, 0.25) is 0 Å². The lowest BCUT2D eigenvalue weighted by Gasteiger charge is -2.34. The van der Waals surface area contributed by atoms with Gasteiger partial charge in [-0.25, -0.2) is 9.97 Å². The third kappa shape index (κ3) is 5.53. The molecule has 4 heterocycles. The zero-order chi connectivity index (χ0) is 28.0. The van der Waals surface area contributed by atoms with Crippen molar-refractivity contribution >= 4 is 46.3 Å². The van der Waals surface area contributed by atoms with Gasteiger partial charge in [-0.05, 0) is 56.0 Å². The normalized spacial score (nSPS) is 19.9. The number of nitrogens with one attached hydrogen (secondary N) is 2. The second-order valence-electron chi connectivity index (χ2n) is 10.5. The number of hydrogen-bond donors (Lipinski definition) is 2. The number of thiophene rings is 1. The maximum Gasteiger partial charge on any atom is 0.420 e. The van der Waals surface area contributed by atoms with E-state index in [2.05, 4.69) is 38.5 Å². The lowest BCUT2D eigenvalue weighted by atomic mass is 10.1. The Kier molecular flexibility index (Phi) is 7.43. The average Bonchev–Trinajstić information content (AvgIpc) is 3.70. The van der Waals surface area contributed by atoms with Crippen LogP contribution in [0.15, 0.2) is 35.4 Å². The Morgan fingerprint density at radius 2 is 2.02 bits per heavy atom. The van der Waals surface area contributed by atoms with Crippen molar-refractivity contribution in [1.82, 2.24) is 20.2 Å². The van der Waals surface area contributed by atoms with E-state index >= 15 is 0 Å². The Hall–Kier alpha value is -2.83. The van der Waals surface area contributed by atoms with Crippen molar-refractivity contribution in [1.29, 1.82) is 0 Å². The van der Waals surface area contributed by atoms with Crippen LogP contribution >= 0.6 is 23.1 Å². The van der Waals surface area contributed by atoms with Gasteiger partial charge in [-0.3, -0.25) is 4.79 Å². The van der Waals surface area contributed by atoms with Crippen molar-refractivity contribution in [2.75, 3.05) is 42.1 Å². The molecule has 1 aromatic carbocycles. The summed E-state index contributed by atoms with van der Waals surface area (Å²) >= 11 is 2.60. The van der Waals surface area contributed by atoms with Gasteiger partial charge in [-0.2, -0.15) is 13.2 Å². The standard InChI is InChI=1S/C28H31F3N6OS2/c1-3-17-12-19(36-9-8-32-16(2)15-36)6-7-21(17)34-27-33-14-20(28(29,30)31)24(35-27)22-13-23-25(40-22)26(38)37(10-11-39-23)18-4-5-18/h6-7,12-14,16,18,32H,3-5,8-11,15H2,1-2H3,(H,33,34,35)/t16-/m1/s1. The number of benzene rings is 1. The molecule has 0 radical (unpaired) electrons. The summed E-state index contributed by atoms with van der Waals surface area (Å²) in [6, 6.07) is 8.41. The van der Waals surface area contributed by atoms with Crippen LogP contribution in [0, 0.1) is 0 Å². The van der Waals surface area contributed by atoms with Gasteiger partial charge in [0.05, 0.1) is 10.6 Å². The van der Waals surface area contributed by atoms with Crippen molar-refractivity contribution in [3.8, 4) is 10.6 Å². The first-order chi connectivity index (χ1) is 19.2. The molecule has 0 bridgehead atoms. The number of fused-ring (bicyclic) bond motifs is 1. The molecule has 2 N–H and O–H groups in total. The molecule has 0 spiro atoms. The Labute approximate surface area is 239 Å². The minimum absolute atomic E-state index is 0.0865. The number of hydrogen-bond acceptors (Lipinski definition) is 8. The number of aryl methyl sites for hydroxylation is 1. The molecule has 40 heavy (non-hydrogen) atoms. The predicted molar refractivity (Wildman–Crippen MR) is 154 cm³/mol. The maximum absolute atomic E-state index is 14.1. The van der Waals surface area contributed by atoms with Crippen LogP contribution in [-0.2, 0) is 12.6 Å². The molecule has 6 rings (SSSR count). The number of alkyl halides is 3. The number of amides is 1. The molecule has 212 valence electrons. The lowest BCUT2D eigenvalue weighted by Crippen LogP contribution is -2.49. The summed E-state index contributed by atoms with van der Waals surface area (Å²) in [6.45, 7) is 7.60. The van der Waals surface area contributed by atoms with Crippen molar-refractivity contribution in [2.24, 2.45) is 0 Å². The highest BCUT2D eigenvalue weighted by atomic mass is 32.2. The second-order valence-corrected chi connectivity index (χ2v) is 12.6. The fraction of sp³-hybridized carbons (Fsp3) is 0.464. The van der Waals surface area contributed by atoms with E-state index in [0.717, 1.165) is 84.0 Å². The van der Waals surface area contributed by atoms with E-state index in [-0.39, 0.29) is 23.6 Å². The molecule has 3 aliphatic rings. The Balaban J connectivity index is 1.32. The molecule has 12 heteroatoms. The fourth-order valence-corrected chi connectivity index (χ4v) is 7.60. The smallest absolute Gasteiger partial charge is 0.369 e. The van der Waals surface area contributed by atoms with E-state index in [4.69, 9.17) is 0 Å². The Morgan fingerprint density at radius 1 is 1.20 bits per heavy atom. The van der Waals surface area contributed by atoms with E-state index in [9.17, 15) is 18.0 Å². The second kappa shape index (κ2) is 10.9. The highest BCUT2D eigenvalue weighted by molar-refractivity contribution is 7.99. The van der Waals surface area contributed by atoms with Crippen molar-refractivity contribution in [2.45, 2.75) is 56.3 Å². The Morgan fingerprint density at radius 3 is 2.75 bits per heavy atom. The summed E-state index contributed by atoms with van der Waals surface area (Å²) in [5.41, 5.74) is 1.78. The molecule has 3 aromatic rings. The number of thioether (sulfide) groups is 1. The monoisotopic (exact) mass is 588 g/mol. The first-order valence-corrected chi connectivity index (χ1v) is 15.4. The van der Waals surface area contributed by atoms with Gasteiger partial charge in [0.15, 0.2) is 0 Å². The highest BCUT2D eigenvalue weighted by Crippen LogP contribution is 2.44. The van der Waals surface area contributed by atoms with Gasteiger partial charge >= 0.3 is 6.18 Å². The van der Waals surface area contributed by atoms with Crippen LogP contribution in [0.1, 0.15) is 47.5 Å². The lowest BCUT2D eigenvalue weighted by molar-refractivity contribution is -0.137. The van der Waals surface area contributed by atoms with Crippen molar-refractivity contribution < 1.29 is 18.0 Å². The molecule has 1 amide bonds. The molecule has 1 saturated carbocycles. The number of aromatic nitrogens is 2. The topological polar surface area (TPSA) is 73.4 Å². The third-order valence-electron chi connectivity index (χ3n) is 7.51. The summed E-state index contributed by atoms with van der Waals surface area (Å²) in [4.78, 5) is 27.4. The molecule has 2 aromatic heterocycles. The van der Waals surface area contributed by atoms with E-state index in [0.29, 0.717) is 22.3 Å². The molecule has 2 aliphatic heterocycles. The number of nitrogens with zero attached hydrogens (tertiary/aromatic N) is 4. The van der Waals surface area contributed by atoms with E-state index in [1.54, 1.807) is 6.07 Å². The van der Waals surface area contributed by atoms with E-state index in [1.165, 1.54) is 11.8 Å². The summed E-state index contributed by atoms with van der Waals surface area (Å²) in [7, 11) is 0. The minimum Gasteiger partial charge on any atom is -0.369 e. The van der Waals surface area contributed by atoms with Gasteiger partial charge in [-0.1, -0.05) is 6.92 Å². The summed E-state index contributed by atoms with van der Waals surface area (Å²) < 4.78 is 42.2. The zero-order valence-electron chi connectivity index (χ0n) is 22.3.